The predicted molar refractivity (Wildman–Crippen MR) is 471 cm³/mol. The molecule has 8 rings (SSSR count). The number of aromatic nitrogens is 2. The molecule has 0 saturated carbocycles. The lowest BCUT2D eigenvalue weighted by Crippen LogP contribution is -2.53. The van der Waals surface area contributed by atoms with Gasteiger partial charge in [0.05, 0.1) is 105 Å². The first-order chi connectivity index (χ1) is 62.8. The molecule has 134 heavy (non-hydrogen) atoms. The summed E-state index contributed by atoms with van der Waals surface area (Å²) in [5, 5.41) is 39.5. The van der Waals surface area contributed by atoms with Crippen LogP contribution in [0.1, 0.15) is 118 Å². The molecule has 0 fully saturated rings. The molecule has 4 aliphatic rings. The minimum Gasteiger partial charge on any atom is -0.480 e. The fourth-order valence-corrected chi connectivity index (χ4v) is 14.8. The summed E-state index contributed by atoms with van der Waals surface area (Å²) in [6.45, 7) is 1.63. The van der Waals surface area contributed by atoms with Gasteiger partial charge < -0.3 is 110 Å². The molecule has 0 radical (unpaired) electrons. The fourth-order valence-electron chi connectivity index (χ4n) is 14.8. The number of amides is 19. The summed E-state index contributed by atoms with van der Waals surface area (Å²) in [5.74, 6) is -16.4. The summed E-state index contributed by atoms with van der Waals surface area (Å²) in [6, 6.07) is 2.30. The number of nitrogens with zero attached hydrogens (tertiary/aromatic N) is 13. The Hall–Kier alpha value is -14.7. The van der Waals surface area contributed by atoms with Gasteiger partial charge in [-0.25, -0.2) is 19.0 Å². The summed E-state index contributed by atoms with van der Waals surface area (Å²) < 4.78 is 28.2. The number of aliphatic carboxylic acids is 1. The summed E-state index contributed by atoms with van der Waals surface area (Å²) in [6.07, 6.45) is -0.513. The molecule has 5 atom stereocenters. The van der Waals surface area contributed by atoms with Crippen molar-refractivity contribution in [1.29, 1.82) is 0 Å². The van der Waals surface area contributed by atoms with Crippen molar-refractivity contribution in [3.63, 3.8) is 0 Å². The van der Waals surface area contributed by atoms with Gasteiger partial charge in [0.2, 0.25) is 94.5 Å². The maximum absolute atomic E-state index is 15.7. The standard InChI is InChI=1S/C87H113FN20O26/c1-17-87(132)54-31-61-80-52(33-108(61)83(128)53(54)45-133-85(87)130)78-57(21-19-51-47(4)55(88)32-60(94-80)77(51)78)96-86(131)134-44-50-18-20-56(95-81(126)48(5)90-82(127)79(46(2)3)91-49(6)109)59(30-50)93-63(111)26-28-89-62(110)23-22-58(92-64(112)27-29-107-65(113)24-25-66(107)114)84(129)106(16)42-75(123)104(14)40-73(121)102(12)38-71(119)100(10)36-69(117)98(8)34-67(115)97(7)35-68(116)99(9)37-70(118)101(11)39-72(120)103(13)41-74(122)105(15)43-76(124)125/h18,20,24-25,30-32,46,48,57-58,79,132H,17,19,21-23,26-29,33-45H2,1-16H3,(H,89,110)(H,90,127)(H,91,109)(H,92,112)(H,93,111)(H,95,126)(H,96,131)(H,124,125)/t48-,57-,58-,79-,87-/m0/s1. The molecule has 9 N–H and O–H groups in total. The number of aliphatic hydroxyl groups is 1. The second kappa shape index (κ2) is 45.4. The highest BCUT2D eigenvalue weighted by atomic mass is 19.1. The number of likely N-dealkylation sites (N-methyl/N-ethyl adjacent to an activating group) is 10. The Kier molecular flexibility index (Phi) is 35.5. The van der Waals surface area contributed by atoms with Gasteiger partial charge in [-0.1, -0.05) is 26.8 Å². The van der Waals surface area contributed by atoms with E-state index >= 15 is 4.39 Å². The maximum atomic E-state index is 15.7. The van der Waals surface area contributed by atoms with Crippen molar-refractivity contribution in [2.24, 2.45) is 5.92 Å². The Morgan fingerprint density at radius 2 is 1.09 bits per heavy atom. The lowest BCUT2D eigenvalue weighted by atomic mass is 9.81. The third-order valence-electron chi connectivity index (χ3n) is 23.1. The molecule has 19 amide bonds. The molecule has 2 aromatic heterocycles. The number of pyridine rings is 2. The van der Waals surface area contributed by atoms with Crippen LogP contribution in [0.3, 0.4) is 0 Å². The molecular weight excluding hydrogens is 1760 g/mol. The number of imide groups is 1. The molecule has 47 heteroatoms. The zero-order chi connectivity index (χ0) is 99.7. The van der Waals surface area contributed by atoms with E-state index in [0.29, 0.717) is 27.6 Å². The summed E-state index contributed by atoms with van der Waals surface area (Å²) in [5.41, 5.74) is 0.324. The largest absolute Gasteiger partial charge is 0.480 e. The van der Waals surface area contributed by atoms with E-state index in [9.17, 15) is 111 Å². The highest BCUT2D eigenvalue weighted by Gasteiger charge is 2.47. The maximum Gasteiger partial charge on any atom is 0.407 e. The van der Waals surface area contributed by atoms with Crippen LogP contribution in [0.25, 0.3) is 22.3 Å². The van der Waals surface area contributed by atoms with Crippen LogP contribution >= 0.6 is 0 Å². The molecule has 0 bridgehead atoms. The van der Waals surface area contributed by atoms with Gasteiger partial charge in [-0.05, 0) is 85.9 Å². The highest BCUT2D eigenvalue weighted by molar-refractivity contribution is 6.13. The number of carbonyl (C=O) groups excluding carboxylic acids is 20. The average Bonchev–Trinajstić information content (AvgIpc) is 1.62. The zero-order valence-electron chi connectivity index (χ0n) is 77.4. The van der Waals surface area contributed by atoms with E-state index in [4.69, 9.17) is 19.6 Å². The smallest absolute Gasteiger partial charge is 0.407 e. The number of halogens is 1. The van der Waals surface area contributed by atoms with Crippen molar-refractivity contribution in [3.8, 4) is 11.4 Å². The van der Waals surface area contributed by atoms with Crippen LogP contribution in [0, 0.1) is 18.7 Å². The van der Waals surface area contributed by atoms with Crippen LogP contribution < -0.4 is 42.8 Å². The second-order valence-corrected chi connectivity index (χ2v) is 33.7. The first kappa shape index (κ1) is 105. The quantitative estimate of drug-likeness (QED) is 0.0137. The lowest BCUT2D eigenvalue weighted by Gasteiger charge is -2.31. The van der Waals surface area contributed by atoms with E-state index in [1.807, 2.05) is 0 Å². The number of rotatable bonds is 42. The number of aryl methyl sites for hydroxylation is 1. The molecule has 46 nitrogen and oxygen atoms in total. The van der Waals surface area contributed by atoms with Gasteiger partial charge in [0.15, 0.2) is 5.60 Å². The molecule has 0 spiro atoms. The number of carbonyl (C=O) groups is 21. The fraction of sp³-hybridized carbons (Fsp3) is 0.506. The number of fused-ring (bicyclic) bond motifs is 5. The Bertz CT molecular complexity index is 5490. The Morgan fingerprint density at radius 3 is 1.57 bits per heavy atom. The molecule has 724 valence electrons. The van der Waals surface area contributed by atoms with Crippen molar-refractivity contribution in [2.45, 2.75) is 136 Å². The van der Waals surface area contributed by atoms with Crippen LogP contribution in [0.5, 0.6) is 0 Å². The number of hydrogen-bond donors (Lipinski definition) is 9. The Morgan fingerprint density at radius 1 is 0.590 bits per heavy atom. The number of esters is 1. The Balaban J connectivity index is 0.856. The number of alkyl carbamates (subject to hydrolysis) is 1. The van der Waals surface area contributed by atoms with Crippen molar-refractivity contribution in [2.75, 3.05) is 160 Å². The van der Waals surface area contributed by atoms with Gasteiger partial charge in [-0.2, -0.15) is 0 Å². The molecule has 1 aliphatic carbocycles. The van der Waals surface area contributed by atoms with Crippen molar-refractivity contribution in [1.82, 2.24) is 90.0 Å². The number of carboxylic acids is 1. The van der Waals surface area contributed by atoms with Crippen molar-refractivity contribution >= 4 is 147 Å². The van der Waals surface area contributed by atoms with Gasteiger partial charge in [0.1, 0.15) is 43.7 Å². The average molecular weight is 1870 g/mol. The first-order valence-corrected chi connectivity index (χ1v) is 42.6. The molecular formula is C87H113FN20O26. The van der Waals surface area contributed by atoms with E-state index in [0.717, 1.165) is 66.1 Å². The van der Waals surface area contributed by atoms with E-state index < -0.39 is 282 Å². The minimum absolute atomic E-state index is 0.0332. The highest BCUT2D eigenvalue weighted by Crippen LogP contribution is 2.46. The van der Waals surface area contributed by atoms with Crippen LogP contribution in [-0.4, -0.2) is 365 Å². The number of hydrogen-bond acceptors (Lipinski definition) is 26. The first-order valence-electron chi connectivity index (χ1n) is 42.6. The minimum atomic E-state index is -2.14. The van der Waals surface area contributed by atoms with Gasteiger partial charge in [0, 0.05) is 144 Å². The SMILES string of the molecule is CC[C@@]1(O)C(=O)OCc2c1cc1n(c2=O)Cc2c-1nc1cc(F)c(C)c3c1c2[C@@H](NC(=O)OCc1ccc(NC(=O)[C@H](C)NC(=O)[C@@H](NC(C)=O)C(C)C)c(NC(=O)CCNC(=O)CC[C@H](NC(=O)CCN2C(=O)C=CC2=O)C(=O)N(C)CC(=O)N(C)CC(=O)N(C)CC(=O)N(C)CC(=O)N(C)CC(=O)N(C)CC(=O)N(C)CC(=O)N(C)CC(=O)N(C)CC(=O)N(C)CC(=O)O)c1)CC3. The van der Waals surface area contributed by atoms with Crippen molar-refractivity contribution < 1.29 is 125 Å². The van der Waals surface area contributed by atoms with Gasteiger partial charge in [-0.3, -0.25) is 101 Å². The van der Waals surface area contributed by atoms with Gasteiger partial charge in [-0.15, -0.1) is 0 Å². The number of benzene rings is 2. The number of ether oxygens (including phenoxy) is 2. The third-order valence-corrected chi connectivity index (χ3v) is 23.1. The van der Waals surface area contributed by atoms with Crippen LogP contribution in [0.15, 0.2) is 47.3 Å². The van der Waals surface area contributed by atoms with Crippen LogP contribution in [0.4, 0.5) is 20.6 Å². The van der Waals surface area contributed by atoms with Gasteiger partial charge in [0.25, 0.3) is 17.4 Å². The molecule has 0 unspecified atom stereocenters. The molecule has 5 heterocycles. The van der Waals surface area contributed by atoms with E-state index in [2.05, 4.69) is 37.2 Å². The second-order valence-electron chi connectivity index (χ2n) is 33.7. The molecule has 4 aromatic rings. The molecule has 2 aromatic carbocycles. The predicted octanol–water partition coefficient (Wildman–Crippen LogP) is -3.26. The lowest BCUT2D eigenvalue weighted by molar-refractivity contribution is -0.172. The van der Waals surface area contributed by atoms with Crippen molar-refractivity contribution in [3.05, 3.63) is 97.6 Å². The van der Waals surface area contributed by atoms with Crippen LogP contribution in [0.2, 0.25) is 0 Å². The monoisotopic (exact) mass is 1870 g/mol. The summed E-state index contributed by atoms with van der Waals surface area (Å²) in [7, 11) is 12.5. The number of carboxylic acid groups (broad SMARTS) is 1. The number of anilines is 2. The van der Waals surface area contributed by atoms with Gasteiger partial charge >= 0.3 is 18.0 Å². The normalized spacial score (nSPS) is 14.9. The molecule has 0 saturated heterocycles. The van der Waals surface area contributed by atoms with E-state index in [-0.39, 0.29) is 77.3 Å². The third kappa shape index (κ3) is 26.4. The summed E-state index contributed by atoms with van der Waals surface area (Å²) >= 11 is 0. The Labute approximate surface area is 768 Å². The molecule has 3 aliphatic heterocycles. The zero-order valence-corrected chi connectivity index (χ0v) is 77.4. The summed E-state index contributed by atoms with van der Waals surface area (Å²) in [4.78, 5) is 305. The number of cyclic esters (lactones) is 1. The van der Waals surface area contributed by atoms with E-state index in [1.165, 1.54) is 119 Å². The topological polar surface area (TPSA) is 572 Å². The number of nitrogens with one attached hydrogen (secondary N) is 7. The van der Waals surface area contributed by atoms with Crippen LogP contribution in [-0.2, 0) is 137 Å². The van der Waals surface area contributed by atoms with E-state index in [1.54, 1.807) is 27.7 Å².